The molecule has 0 aliphatic rings. The van der Waals surface area contributed by atoms with Gasteiger partial charge < -0.3 is 4.42 Å². The molecule has 0 saturated heterocycles. The first kappa shape index (κ1) is 9.97. The highest BCUT2D eigenvalue weighted by atomic mass is 16.3. The number of hydrogen-bond acceptors (Lipinski definition) is 2. The molecule has 0 N–H and O–H groups in total. The predicted molar refractivity (Wildman–Crippen MR) is 60.5 cm³/mol. The number of aryl methyl sites for hydroxylation is 4. The average molecular weight is 202 g/mol. The lowest BCUT2D eigenvalue weighted by Gasteiger charge is -2.03. The molecular weight excluding hydrogens is 188 g/mol. The van der Waals surface area contributed by atoms with Crippen LogP contribution in [0, 0.1) is 27.7 Å². The molecular formula is C13H14O2. The number of fused-ring (bicyclic) bond motifs is 1. The maximum atomic E-state index is 10.9. The molecule has 1 heterocycles. The first-order valence-electron chi connectivity index (χ1n) is 5.01. The van der Waals surface area contributed by atoms with E-state index in [0.717, 1.165) is 45.3 Å². The molecule has 2 rings (SSSR count). The molecule has 0 bridgehead atoms. The van der Waals surface area contributed by atoms with Gasteiger partial charge in [0.1, 0.15) is 11.3 Å². The Hall–Kier alpha value is -1.57. The van der Waals surface area contributed by atoms with E-state index in [-0.39, 0.29) is 0 Å². The van der Waals surface area contributed by atoms with E-state index in [1.54, 1.807) is 0 Å². The predicted octanol–water partition coefficient (Wildman–Crippen LogP) is 3.48. The minimum absolute atomic E-state index is 0.747. The SMILES string of the molecule is Cc1cc2c(C)c(C)oc2c(C)c1C=O. The average Bonchev–Trinajstić information content (AvgIpc) is 2.46. The first-order chi connectivity index (χ1) is 7.06. The Balaban J connectivity index is 2.97. The van der Waals surface area contributed by atoms with Crippen molar-refractivity contribution in [2.75, 3.05) is 0 Å². The zero-order valence-corrected chi connectivity index (χ0v) is 9.47. The summed E-state index contributed by atoms with van der Waals surface area (Å²) in [5, 5.41) is 1.12. The Morgan fingerprint density at radius 2 is 1.80 bits per heavy atom. The van der Waals surface area contributed by atoms with Gasteiger partial charge in [0.15, 0.2) is 6.29 Å². The summed E-state index contributed by atoms with van der Waals surface area (Å²) in [4.78, 5) is 10.9. The van der Waals surface area contributed by atoms with E-state index in [9.17, 15) is 4.79 Å². The van der Waals surface area contributed by atoms with Crippen LogP contribution in [0.3, 0.4) is 0 Å². The Kier molecular flexibility index (Phi) is 2.14. The summed E-state index contributed by atoms with van der Waals surface area (Å²) in [5.41, 5.74) is 4.71. The molecule has 0 unspecified atom stereocenters. The number of benzene rings is 1. The van der Waals surface area contributed by atoms with E-state index < -0.39 is 0 Å². The van der Waals surface area contributed by atoms with E-state index in [1.165, 1.54) is 0 Å². The van der Waals surface area contributed by atoms with E-state index in [2.05, 4.69) is 0 Å². The molecule has 1 aromatic heterocycles. The number of rotatable bonds is 1. The molecule has 2 aromatic rings. The van der Waals surface area contributed by atoms with Crippen LogP contribution in [0.4, 0.5) is 0 Å². The van der Waals surface area contributed by atoms with Crippen molar-refractivity contribution >= 4 is 17.3 Å². The number of carbonyl (C=O) groups is 1. The molecule has 0 aliphatic heterocycles. The Morgan fingerprint density at radius 1 is 1.13 bits per heavy atom. The highest BCUT2D eigenvalue weighted by Crippen LogP contribution is 2.30. The number of furan rings is 1. The minimum atomic E-state index is 0.747. The molecule has 2 heteroatoms. The molecule has 15 heavy (non-hydrogen) atoms. The van der Waals surface area contributed by atoms with Gasteiger partial charge in [-0.1, -0.05) is 0 Å². The van der Waals surface area contributed by atoms with E-state index in [4.69, 9.17) is 4.42 Å². The third kappa shape index (κ3) is 1.29. The highest BCUT2D eigenvalue weighted by Gasteiger charge is 2.13. The van der Waals surface area contributed by atoms with Crippen LogP contribution in [0.1, 0.15) is 32.8 Å². The van der Waals surface area contributed by atoms with Gasteiger partial charge in [-0.15, -0.1) is 0 Å². The summed E-state index contributed by atoms with van der Waals surface area (Å²) < 4.78 is 5.67. The smallest absolute Gasteiger partial charge is 0.150 e. The fourth-order valence-electron chi connectivity index (χ4n) is 1.99. The second-order valence-corrected chi connectivity index (χ2v) is 4.01. The molecule has 0 radical (unpaired) electrons. The molecule has 2 nitrogen and oxygen atoms in total. The lowest BCUT2D eigenvalue weighted by atomic mass is 9.99. The lowest BCUT2D eigenvalue weighted by molar-refractivity contribution is 0.112. The first-order valence-corrected chi connectivity index (χ1v) is 5.01. The van der Waals surface area contributed by atoms with Gasteiger partial charge in [-0.25, -0.2) is 0 Å². The maximum Gasteiger partial charge on any atom is 0.150 e. The zero-order valence-electron chi connectivity index (χ0n) is 9.47. The van der Waals surface area contributed by atoms with Gasteiger partial charge in [0.05, 0.1) is 0 Å². The second-order valence-electron chi connectivity index (χ2n) is 4.01. The largest absolute Gasteiger partial charge is 0.461 e. The summed E-state index contributed by atoms with van der Waals surface area (Å²) >= 11 is 0. The van der Waals surface area contributed by atoms with Gasteiger partial charge >= 0.3 is 0 Å². The van der Waals surface area contributed by atoms with Crippen LogP contribution in [0.2, 0.25) is 0 Å². The fraction of sp³-hybridized carbons (Fsp3) is 0.308. The van der Waals surface area contributed by atoms with Crippen molar-refractivity contribution in [2.24, 2.45) is 0 Å². The van der Waals surface area contributed by atoms with Crippen LogP contribution >= 0.6 is 0 Å². The Labute approximate surface area is 88.9 Å². The molecule has 0 amide bonds. The summed E-state index contributed by atoms with van der Waals surface area (Å²) in [7, 11) is 0. The maximum absolute atomic E-state index is 10.9. The molecule has 0 spiro atoms. The number of hydrogen-bond donors (Lipinski definition) is 0. The number of aldehydes is 1. The van der Waals surface area contributed by atoms with E-state index in [1.807, 2.05) is 33.8 Å². The summed E-state index contributed by atoms with van der Waals surface area (Å²) in [6, 6.07) is 2.03. The summed E-state index contributed by atoms with van der Waals surface area (Å²) in [6.45, 7) is 7.88. The zero-order chi connectivity index (χ0) is 11.2. The number of carbonyl (C=O) groups excluding carboxylic acids is 1. The molecule has 0 fully saturated rings. The fourth-order valence-corrected chi connectivity index (χ4v) is 1.99. The standard InChI is InChI=1S/C13H14O2/c1-7-5-11-8(2)10(4)15-13(11)9(3)12(7)6-14/h5-6H,1-4H3. The second kappa shape index (κ2) is 3.23. The van der Waals surface area contributed by atoms with Crippen LogP contribution in [0.5, 0.6) is 0 Å². The van der Waals surface area contributed by atoms with Gasteiger partial charge in [-0.3, -0.25) is 4.79 Å². The molecule has 1 aromatic carbocycles. The topological polar surface area (TPSA) is 30.2 Å². The molecule has 0 saturated carbocycles. The highest BCUT2D eigenvalue weighted by molar-refractivity contribution is 5.93. The Bertz CT molecular complexity index is 547. The third-order valence-corrected chi connectivity index (χ3v) is 3.08. The van der Waals surface area contributed by atoms with Crippen molar-refractivity contribution in [2.45, 2.75) is 27.7 Å². The van der Waals surface area contributed by atoms with Gasteiger partial charge in [0.2, 0.25) is 0 Å². The lowest BCUT2D eigenvalue weighted by Crippen LogP contribution is -1.91. The summed E-state index contributed by atoms with van der Waals surface area (Å²) in [6.07, 6.45) is 0.900. The van der Waals surface area contributed by atoms with Crippen molar-refractivity contribution in [3.8, 4) is 0 Å². The monoisotopic (exact) mass is 202 g/mol. The van der Waals surface area contributed by atoms with Crippen molar-refractivity contribution in [3.05, 3.63) is 34.1 Å². The molecule has 78 valence electrons. The minimum Gasteiger partial charge on any atom is -0.461 e. The van der Waals surface area contributed by atoms with Gasteiger partial charge in [0.25, 0.3) is 0 Å². The van der Waals surface area contributed by atoms with Gasteiger partial charge in [0, 0.05) is 16.5 Å². The third-order valence-electron chi connectivity index (χ3n) is 3.08. The summed E-state index contributed by atoms with van der Waals surface area (Å²) in [5.74, 6) is 0.926. The molecule has 0 atom stereocenters. The van der Waals surface area contributed by atoms with Crippen molar-refractivity contribution in [1.82, 2.24) is 0 Å². The van der Waals surface area contributed by atoms with E-state index >= 15 is 0 Å². The van der Waals surface area contributed by atoms with Crippen LogP contribution in [0.25, 0.3) is 11.0 Å². The Morgan fingerprint density at radius 3 is 2.40 bits per heavy atom. The van der Waals surface area contributed by atoms with Crippen molar-refractivity contribution < 1.29 is 9.21 Å². The van der Waals surface area contributed by atoms with Crippen LogP contribution in [0.15, 0.2) is 10.5 Å². The van der Waals surface area contributed by atoms with Crippen LogP contribution < -0.4 is 0 Å². The van der Waals surface area contributed by atoms with Crippen LogP contribution in [-0.4, -0.2) is 6.29 Å². The van der Waals surface area contributed by atoms with Crippen molar-refractivity contribution in [3.63, 3.8) is 0 Å². The van der Waals surface area contributed by atoms with Gasteiger partial charge in [-0.05, 0) is 44.9 Å². The van der Waals surface area contributed by atoms with E-state index in [0.29, 0.717) is 0 Å². The molecule has 0 aliphatic carbocycles. The normalized spacial score (nSPS) is 10.9. The van der Waals surface area contributed by atoms with Crippen LogP contribution in [-0.2, 0) is 0 Å². The van der Waals surface area contributed by atoms with Gasteiger partial charge in [-0.2, -0.15) is 0 Å². The quantitative estimate of drug-likeness (QED) is 0.663. The van der Waals surface area contributed by atoms with Crippen molar-refractivity contribution in [1.29, 1.82) is 0 Å².